The Morgan fingerprint density at radius 1 is 0.974 bits per heavy atom. The third-order valence-electron chi connectivity index (χ3n) is 6.59. The molecule has 1 aliphatic rings. The summed E-state index contributed by atoms with van der Waals surface area (Å²) in [6.07, 6.45) is 0. The number of nitrogens with zero attached hydrogens (tertiary/aromatic N) is 2. The Balaban J connectivity index is 1.99. The van der Waals surface area contributed by atoms with Crippen molar-refractivity contribution in [1.82, 2.24) is 0 Å². The van der Waals surface area contributed by atoms with Crippen molar-refractivity contribution in [2.24, 2.45) is 0 Å². The first kappa shape index (κ1) is 26.5. The Hall–Kier alpha value is -4.59. The van der Waals surface area contributed by atoms with Gasteiger partial charge in [-0.25, -0.2) is 4.79 Å². The fourth-order valence-corrected chi connectivity index (χ4v) is 4.82. The highest BCUT2D eigenvalue weighted by Gasteiger charge is 2.47. The number of aliphatic hydroxyl groups excluding tert-OH is 1. The van der Waals surface area contributed by atoms with Crippen molar-refractivity contribution >= 4 is 34.8 Å². The number of methoxy groups -OCH3 is 2. The predicted octanol–water partition coefficient (Wildman–Crippen LogP) is 4.79. The van der Waals surface area contributed by atoms with Crippen LogP contribution in [0.2, 0.25) is 0 Å². The lowest BCUT2D eigenvalue weighted by atomic mass is 9.93. The van der Waals surface area contributed by atoms with Crippen LogP contribution in [0.3, 0.4) is 0 Å². The van der Waals surface area contributed by atoms with Crippen molar-refractivity contribution in [3.63, 3.8) is 0 Å². The quantitative estimate of drug-likeness (QED) is 0.219. The molecule has 0 spiro atoms. The van der Waals surface area contributed by atoms with E-state index in [9.17, 15) is 19.5 Å². The maximum absolute atomic E-state index is 13.6. The van der Waals surface area contributed by atoms with E-state index in [0.29, 0.717) is 22.6 Å². The van der Waals surface area contributed by atoms with E-state index < -0.39 is 23.7 Å². The average molecular weight is 515 g/mol. The lowest BCUT2D eigenvalue weighted by Gasteiger charge is -2.26. The van der Waals surface area contributed by atoms with Crippen molar-refractivity contribution in [1.29, 1.82) is 0 Å². The molecule has 1 atom stereocenters. The van der Waals surface area contributed by atoms with Crippen LogP contribution in [0.25, 0.3) is 5.76 Å². The maximum Gasteiger partial charge on any atom is 0.337 e. The number of hydrogen-bond donors (Lipinski definition) is 1. The van der Waals surface area contributed by atoms with Crippen LogP contribution in [0.4, 0.5) is 11.4 Å². The number of carbonyl (C=O) groups is 3. The molecule has 38 heavy (non-hydrogen) atoms. The molecule has 0 aliphatic carbocycles. The number of anilines is 2. The monoisotopic (exact) mass is 514 g/mol. The Kier molecular flexibility index (Phi) is 7.26. The van der Waals surface area contributed by atoms with Gasteiger partial charge in [-0.2, -0.15) is 0 Å². The van der Waals surface area contributed by atoms with Gasteiger partial charge in [0.15, 0.2) is 0 Å². The third kappa shape index (κ3) is 4.61. The predicted molar refractivity (Wildman–Crippen MR) is 146 cm³/mol. The molecule has 0 bridgehead atoms. The number of amides is 1. The molecule has 1 fully saturated rings. The zero-order valence-electron chi connectivity index (χ0n) is 22.2. The second-order valence-corrected chi connectivity index (χ2v) is 9.36. The molecule has 3 aromatic carbocycles. The molecule has 1 amide bonds. The van der Waals surface area contributed by atoms with E-state index in [1.165, 1.54) is 25.2 Å². The van der Waals surface area contributed by atoms with Gasteiger partial charge in [0.2, 0.25) is 0 Å². The molecule has 1 saturated heterocycles. The average Bonchev–Trinajstić information content (AvgIpc) is 3.17. The summed E-state index contributed by atoms with van der Waals surface area (Å²) in [6, 6.07) is 16.4. The number of rotatable bonds is 6. The number of ketones is 1. The van der Waals surface area contributed by atoms with Gasteiger partial charge in [0.05, 0.1) is 37.0 Å². The summed E-state index contributed by atoms with van der Waals surface area (Å²) >= 11 is 0. The van der Waals surface area contributed by atoms with E-state index >= 15 is 0 Å². The normalized spacial score (nSPS) is 16.5. The van der Waals surface area contributed by atoms with Crippen molar-refractivity contribution in [3.8, 4) is 5.75 Å². The highest BCUT2D eigenvalue weighted by atomic mass is 16.5. The molecule has 0 saturated carbocycles. The van der Waals surface area contributed by atoms with Crippen LogP contribution < -0.4 is 14.5 Å². The minimum absolute atomic E-state index is 0.0700. The van der Waals surface area contributed by atoms with Crippen molar-refractivity contribution in [3.05, 3.63) is 94.1 Å². The van der Waals surface area contributed by atoms with Crippen LogP contribution in [0.15, 0.2) is 66.2 Å². The first-order chi connectivity index (χ1) is 18.1. The number of aliphatic hydroxyl groups is 1. The number of aryl methyl sites for hydroxylation is 2. The fourth-order valence-electron chi connectivity index (χ4n) is 4.82. The number of carbonyl (C=O) groups excluding carboxylic acids is 3. The van der Waals surface area contributed by atoms with Gasteiger partial charge in [0.25, 0.3) is 11.7 Å². The molecule has 1 N–H and O–H groups in total. The Bertz CT molecular complexity index is 1460. The summed E-state index contributed by atoms with van der Waals surface area (Å²) in [5, 5.41) is 11.6. The van der Waals surface area contributed by atoms with Crippen molar-refractivity contribution in [2.45, 2.75) is 19.9 Å². The van der Waals surface area contributed by atoms with Crippen molar-refractivity contribution in [2.75, 3.05) is 38.1 Å². The highest BCUT2D eigenvalue weighted by molar-refractivity contribution is 6.51. The third-order valence-corrected chi connectivity index (χ3v) is 6.59. The number of esters is 1. The molecule has 4 rings (SSSR count). The van der Waals surface area contributed by atoms with Gasteiger partial charge in [-0.1, -0.05) is 24.3 Å². The van der Waals surface area contributed by atoms with Gasteiger partial charge < -0.3 is 19.5 Å². The topological polar surface area (TPSA) is 96.4 Å². The van der Waals surface area contributed by atoms with E-state index in [2.05, 4.69) is 0 Å². The molecular formula is C30H30N2O6. The molecule has 1 unspecified atom stereocenters. The summed E-state index contributed by atoms with van der Waals surface area (Å²) in [5.74, 6) is -2.16. The summed E-state index contributed by atoms with van der Waals surface area (Å²) in [5.41, 5.74) is 3.98. The van der Waals surface area contributed by atoms with Gasteiger partial charge in [-0.05, 0) is 66.9 Å². The molecule has 1 heterocycles. The lowest BCUT2D eigenvalue weighted by Crippen LogP contribution is -2.29. The van der Waals surface area contributed by atoms with Crippen LogP contribution in [0.1, 0.15) is 38.7 Å². The summed E-state index contributed by atoms with van der Waals surface area (Å²) < 4.78 is 10.4. The molecule has 196 valence electrons. The summed E-state index contributed by atoms with van der Waals surface area (Å²) in [6.45, 7) is 3.72. The Morgan fingerprint density at radius 2 is 1.66 bits per heavy atom. The number of hydrogen-bond acceptors (Lipinski definition) is 7. The Morgan fingerprint density at radius 3 is 2.26 bits per heavy atom. The molecule has 3 aromatic rings. The standard InChI is InChI=1S/C30H30N2O6/c1-17-14-18(2)28(37-5)23(15-17)26(33)24-25(19-10-12-21(13-11-19)31(3)4)32(29(35)27(24)34)22-9-7-8-20(16-22)30(36)38-6/h7-16,25,33H,1-6H3/b26-24+. The smallest absolute Gasteiger partial charge is 0.337 e. The summed E-state index contributed by atoms with van der Waals surface area (Å²) in [7, 11) is 6.57. The molecule has 8 nitrogen and oxygen atoms in total. The zero-order chi connectivity index (χ0) is 27.7. The molecule has 0 aromatic heterocycles. The van der Waals surface area contributed by atoms with Gasteiger partial charge in [0, 0.05) is 25.5 Å². The zero-order valence-corrected chi connectivity index (χ0v) is 22.2. The minimum atomic E-state index is -0.954. The number of Topliss-reactive ketones (excluding diaryl/α,β-unsaturated/α-hetero) is 1. The number of ether oxygens (including phenoxy) is 2. The van der Waals surface area contributed by atoms with Crippen LogP contribution >= 0.6 is 0 Å². The SMILES string of the molecule is COC(=O)c1cccc(N2C(=O)C(=O)/C(=C(/O)c3cc(C)cc(C)c3OC)C2c2ccc(N(C)C)cc2)c1. The van der Waals surface area contributed by atoms with Crippen LogP contribution in [-0.2, 0) is 14.3 Å². The van der Waals surface area contributed by atoms with Gasteiger partial charge >= 0.3 is 5.97 Å². The van der Waals surface area contributed by atoms with E-state index in [4.69, 9.17) is 9.47 Å². The second-order valence-electron chi connectivity index (χ2n) is 9.36. The second kappa shape index (κ2) is 10.4. The van der Waals surface area contributed by atoms with Crippen molar-refractivity contribution < 1.29 is 29.0 Å². The molecule has 8 heteroatoms. The van der Waals surface area contributed by atoms with Gasteiger partial charge in [0.1, 0.15) is 11.5 Å². The minimum Gasteiger partial charge on any atom is -0.507 e. The lowest BCUT2D eigenvalue weighted by molar-refractivity contribution is -0.132. The first-order valence-corrected chi connectivity index (χ1v) is 12.0. The fraction of sp³-hybridized carbons (Fsp3) is 0.233. The van der Waals surface area contributed by atoms with E-state index in [1.54, 1.807) is 24.3 Å². The highest BCUT2D eigenvalue weighted by Crippen LogP contribution is 2.44. The van der Waals surface area contributed by atoms with E-state index in [-0.39, 0.29) is 16.9 Å². The molecular weight excluding hydrogens is 484 g/mol. The first-order valence-electron chi connectivity index (χ1n) is 12.0. The largest absolute Gasteiger partial charge is 0.507 e. The Labute approximate surface area is 221 Å². The number of benzene rings is 3. The molecule has 0 radical (unpaired) electrons. The van der Waals surface area contributed by atoms with Gasteiger partial charge in [-0.3, -0.25) is 14.5 Å². The van der Waals surface area contributed by atoms with Crippen LogP contribution in [-0.4, -0.2) is 51.1 Å². The van der Waals surface area contributed by atoms with Gasteiger partial charge in [-0.15, -0.1) is 0 Å². The maximum atomic E-state index is 13.6. The summed E-state index contributed by atoms with van der Waals surface area (Å²) in [4.78, 5) is 42.5. The van der Waals surface area contributed by atoms with Crippen LogP contribution in [0, 0.1) is 13.8 Å². The van der Waals surface area contributed by atoms with E-state index in [1.807, 2.05) is 63.2 Å². The van der Waals surface area contributed by atoms with Crippen LogP contribution in [0.5, 0.6) is 5.75 Å². The van der Waals surface area contributed by atoms with E-state index in [0.717, 1.165) is 16.8 Å². The molecule has 1 aliphatic heterocycles.